The van der Waals surface area contributed by atoms with E-state index in [0.717, 1.165) is 4.31 Å². The van der Waals surface area contributed by atoms with E-state index >= 15 is 0 Å². The molecule has 0 radical (unpaired) electrons. The van der Waals surface area contributed by atoms with Gasteiger partial charge >= 0.3 is 0 Å². The number of aromatic hydroxyl groups is 1. The third-order valence-corrected chi connectivity index (χ3v) is 6.00. The summed E-state index contributed by atoms with van der Waals surface area (Å²) in [6.45, 7) is 1.83. The van der Waals surface area contributed by atoms with Gasteiger partial charge in [-0.25, -0.2) is 13.9 Å². The van der Waals surface area contributed by atoms with Crippen LogP contribution in [-0.4, -0.2) is 46.5 Å². The number of hydrogen-bond donors (Lipinski definition) is 3. The van der Waals surface area contributed by atoms with E-state index in [4.69, 9.17) is 5.21 Å². The zero-order chi connectivity index (χ0) is 19.9. The highest BCUT2D eigenvalue weighted by molar-refractivity contribution is 7.89. The van der Waals surface area contributed by atoms with Crippen molar-refractivity contribution < 1.29 is 23.5 Å². The molecule has 1 aromatic heterocycles. The van der Waals surface area contributed by atoms with Crippen molar-refractivity contribution in [1.82, 2.24) is 14.8 Å². The number of sulfonamides is 1. The summed E-state index contributed by atoms with van der Waals surface area (Å²) in [5.41, 5.74) is 2.24. The van der Waals surface area contributed by atoms with E-state index in [9.17, 15) is 18.3 Å². The number of rotatable bonds is 9. The number of hydroxylamine groups is 1. The molecule has 9 heteroatoms. The molecule has 2 rings (SSSR count). The molecule has 1 aromatic carbocycles. The number of carbonyl (C=O) groups is 1. The van der Waals surface area contributed by atoms with Crippen LogP contribution < -0.4 is 5.48 Å². The van der Waals surface area contributed by atoms with Crippen LogP contribution in [0.1, 0.15) is 25.5 Å². The summed E-state index contributed by atoms with van der Waals surface area (Å²) in [5.74, 6) is -0.854. The fourth-order valence-corrected chi connectivity index (χ4v) is 4.34. The zero-order valence-electron chi connectivity index (χ0n) is 14.9. The lowest BCUT2D eigenvalue weighted by atomic mass is 10.1. The van der Waals surface area contributed by atoms with Gasteiger partial charge in [0.1, 0.15) is 11.8 Å². The topological polar surface area (TPSA) is 120 Å². The van der Waals surface area contributed by atoms with Gasteiger partial charge in [-0.15, -0.1) is 0 Å². The van der Waals surface area contributed by atoms with Gasteiger partial charge in [0.25, 0.3) is 5.91 Å². The minimum Gasteiger partial charge on any atom is -0.508 e. The molecule has 0 aliphatic heterocycles. The second kappa shape index (κ2) is 9.45. The summed E-state index contributed by atoms with van der Waals surface area (Å²) in [6.07, 6.45) is 2.70. The molecule has 1 atom stereocenters. The molecule has 0 spiro atoms. The second-order valence-corrected chi connectivity index (χ2v) is 7.85. The standard InChI is InChI=1S/C18H23N3O5S/c1-2-5-17(18(23)20-24)21(13-11-14-6-3-4-12-19-14)27(25,26)16-9-7-15(22)8-10-16/h3-4,6-10,12,17,22,24H,2,5,11,13H2,1H3,(H,20,23)/t17-/m1/s1. The molecule has 27 heavy (non-hydrogen) atoms. The van der Waals surface area contributed by atoms with E-state index in [0.29, 0.717) is 18.5 Å². The molecular weight excluding hydrogens is 370 g/mol. The number of nitrogens with zero attached hydrogens (tertiary/aromatic N) is 2. The first-order valence-electron chi connectivity index (χ1n) is 8.55. The number of pyridine rings is 1. The van der Waals surface area contributed by atoms with Crippen molar-refractivity contribution in [1.29, 1.82) is 0 Å². The van der Waals surface area contributed by atoms with E-state index in [1.807, 2.05) is 6.92 Å². The largest absolute Gasteiger partial charge is 0.508 e. The van der Waals surface area contributed by atoms with E-state index in [1.54, 1.807) is 29.9 Å². The average molecular weight is 393 g/mol. The first kappa shape index (κ1) is 20.8. The Bertz CT molecular complexity index is 841. The molecule has 0 fully saturated rings. The number of phenols is 1. The van der Waals surface area contributed by atoms with Crippen molar-refractivity contribution in [3.05, 3.63) is 54.4 Å². The molecule has 3 N–H and O–H groups in total. The quantitative estimate of drug-likeness (QED) is 0.441. The van der Waals surface area contributed by atoms with Crippen molar-refractivity contribution in [2.45, 2.75) is 37.1 Å². The van der Waals surface area contributed by atoms with Crippen molar-refractivity contribution in [2.75, 3.05) is 6.54 Å². The van der Waals surface area contributed by atoms with Crippen LogP contribution in [0.25, 0.3) is 0 Å². The highest BCUT2D eigenvalue weighted by Gasteiger charge is 2.35. The number of amides is 1. The smallest absolute Gasteiger partial charge is 0.261 e. The fraction of sp³-hybridized carbons (Fsp3) is 0.333. The molecule has 0 saturated carbocycles. The van der Waals surface area contributed by atoms with Crippen molar-refractivity contribution in [3.8, 4) is 5.75 Å². The van der Waals surface area contributed by atoms with Crippen molar-refractivity contribution >= 4 is 15.9 Å². The van der Waals surface area contributed by atoms with Gasteiger partial charge in [-0.3, -0.25) is 15.0 Å². The Labute approximate surface area is 158 Å². The van der Waals surface area contributed by atoms with Crippen molar-refractivity contribution in [2.24, 2.45) is 0 Å². The maximum atomic E-state index is 13.2. The molecule has 0 bridgehead atoms. The van der Waals surface area contributed by atoms with E-state index in [-0.39, 0.29) is 23.6 Å². The predicted molar refractivity (Wildman–Crippen MR) is 98.6 cm³/mol. The molecule has 2 aromatic rings. The van der Waals surface area contributed by atoms with Gasteiger partial charge in [0.2, 0.25) is 10.0 Å². The summed E-state index contributed by atoms with van der Waals surface area (Å²) >= 11 is 0. The first-order valence-corrected chi connectivity index (χ1v) is 9.99. The Morgan fingerprint density at radius 3 is 2.48 bits per heavy atom. The Morgan fingerprint density at radius 2 is 1.93 bits per heavy atom. The summed E-state index contributed by atoms with van der Waals surface area (Å²) in [7, 11) is -4.04. The van der Waals surface area contributed by atoms with Crippen LogP contribution in [0.3, 0.4) is 0 Å². The van der Waals surface area contributed by atoms with Crippen LogP contribution in [0.4, 0.5) is 0 Å². The third-order valence-electron chi connectivity index (χ3n) is 4.08. The molecule has 8 nitrogen and oxygen atoms in total. The predicted octanol–water partition coefficient (Wildman–Crippen LogP) is 1.69. The number of phenolic OH excluding ortho intramolecular Hbond substituents is 1. The Hall–Kier alpha value is -2.49. The normalized spacial score (nSPS) is 12.7. The number of carbonyl (C=O) groups excluding carboxylic acids is 1. The maximum Gasteiger partial charge on any atom is 0.261 e. The van der Waals surface area contributed by atoms with Gasteiger partial charge < -0.3 is 5.11 Å². The van der Waals surface area contributed by atoms with E-state index < -0.39 is 22.0 Å². The van der Waals surface area contributed by atoms with Crippen LogP contribution >= 0.6 is 0 Å². The SMILES string of the molecule is CCC[C@H](C(=O)NO)N(CCc1ccccn1)S(=O)(=O)c1ccc(O)cc1. The third kappa shape index (κ3) is 5.25. The molecule has 146 valence electrons. The highest BCUT2D eigenvalue weighted by Crippen LogP contribution is 2.23. The molecule has 0 unspecified atom stereocenters. The lowest BCUT2D eigenvalue weighted by molar-refractivity contribution is -0.133. The Balaban J connectivity index is 2.40. The lowest BCUT2D eigenvalue weighted by Gasteiger charge is -2.29. The van der Waals surface area contributed by atoms with E-state index in [2.05, 4.69) is 4.98 Å². The van der Waals surface area contributed by atoms with Crippen LogP contribution in [-0.2, 0) is 21.2 Å². The molecule has 1 amide bonds. The summed E-state index contributed by atoms with van der Waals surface area (Å²) in [5, 5.41) is 18.5. The van der Waals surface area contributed by atoms with Gasteiger partial charge in [0.05, 0.1) is 4.90 Å². The Kier molecular flexibility index (Phi) is 7.28. The minimum atomic E-state index is -4.04. The number of benzene rings is 1. The second-order valence-electron chi connectivity index (χ2n) is 5.96. The van der Waals surface area contributed by atoms with Gasteiger partial charge in [-0.2, -0.15) is 4.31 Å². The van der Waals surface area contributed by atoms with Gasteiger partial charge in [0, 0.05) is 24.9 Å². The zero-order valence-corrected chi connectivity index (χ0v) is 15.8. The summed E-state index contributed by atoms with van der Waals surface area (Å²) in [4.78, 5) is 16.3. The highest BCUT2D eigenvalue weighted by atomic mass is 32.2. The van der Waals surface area contributed by atoms with Gasteiger partial charge in [-0.1, -0.05) is 19.4 Å². The van der Waals surface area contributed by atoms with Crippen LogP contribution in [0.2, 0.25) is 0 Å². The molecule has 0 saturated heterocycles. The fourth-order valence-electron chi connectivity index (χ4n) is 2.72. The van der Waals surface area contributed by atoms with E-state index in [1.165, 1.54) is 24.3 Å². The van der Waals surface area contributed by atoms with Gasteiger partial charge in [0.15, 0.2) is 0 Å². The molecule has 0 aliphatic rings. The monoisotopic (exact) mass is 393 g/mol. The average Bonchev–Trinajstić information content (AvgIpc) is 2.67. The van der Waals surface area contributed by atoms with Crippen molar-refractivity contribution in [3.63, 3.8) is 0 Å². The maximum absolute atomic E-state index is 13.2. The number of hydrogen-bond acceptors (Lipinski definition) is 6. The molecule has 1 heterocycles. The minimum absolute atomic E-state index is 0.0122. The summed E-state index contributed by atoms with van der Waals surface area (Å²) < 4.78 is 27.4. The van der Waals surface area contributed by atoms with Crippen LogP contribution in [0.5, 0.6) is 5.75 Å². The van der Waals surface area contributed by atoms with Gasteiger partial charge in [-0.05, 0) is 42.8 Å². The number of nitrogens with one attached hydrogen (secondary N) is 1. The van der Waals surface area contributed by atoms with Crippen LogP contribution in [0.15, 0.2) is 53.6 Å². The van der Waals surface area contributed by atoms with Crippen LogP contribution in [0, 0.1) is 0 Å². The summed E-state index contributed by atoms with van der Waals surface area (Å²) in [6, 6.07) is 9.35. The number of aromatic nitrogens is 1. The molecule has 0 aliphatic carbocycles. The molecular formula is C18H23N3O5S. The Morgan fingerprint density at radius 1 is 1.22 bits per heavy atom. The lowest BCUT2D eigenvalue weighted by Crippen LogP contribution is -2.49. The first-order chi connectivity index (χ1) is 12.9.